The highest BCUT2D eigenvalue weighted by Gasteiger charge is 2.41. The lowest BCUT2D eigenvalue weighted by molar-refractivity contribution is -0.156. The van der Waals surface area contributed by atoms with Gasteiger partial charge in [0.1, 0.15) is 0 Å². The summed E-state index contributed by atoms with van der Waals surface area (Å²) in [6.45, 7) is 0. The Hall–Kier alpha value is -0.180. The van der Waals surface area contributed by atoms with Crippen LogP contribution in [0.1, 0.15) is 25.7 Å². The van der Waals surface area contributed by atoms with Crippen LogP contribution in [0.15, 0.2) is 0 Å². The summed E-state index contributed by atoms with van der Waals surface area (Å²) in [4.78, 5) is 0. The standard InChI is InChI=1S/C6H9F2O/c7-6(8)4-2-1-3-5(6)9/h5H,1-4H2. The van der Waals surface area contributed by atoms with Crippen molar-refractivity contribution in [2.75, 3.05) is 0 Å². The maximum absolute atomic E-state index is 12.3. The van der Waals surface area contributed by atoms with E-state index in [2.05, 4.69) is 0 Å². The van der Waals surface area contributed by atoms with E-state index >= 15 is 0 Å². The minimum atomic E-state index is -2.92. The molecule has 1 nitrogen and oxygen atoms in total. The van der Waals surface area contributed by atoms with Crippen LogP contribution in [0.25, 0.3) is 0 Å². The third kappa shape index (κ3) is 1.39. The van der Waals surface area contributed by atoms with Crippen molar-refractivity contribution in [1.29, 1.82) is 0 Å². The van der Waals surface area contributed by atoms with E-state index in [1.807, 2.05) is 0 Å². The lowest BCUT2D eigenvalue weighted by atomic mass is 9.94. The van der Waals surface area contributed by atoms with E-state index in [4.69, 9.17) is 0 Å². The molecular formula is C6H9F2O. The van der Waals surface area contributed by atoms with E-state index in [1.54, 1.807) is 0 Å². The van der Waals surface area contributed by atoms with Gasteiger partial charge in [-0.1, -0.05) is 6.42 Å². The summed E-state index contributed by atoms with van der Waals surface area (Å²) in [6.07, 6.45) is -0.518. The smallest absolute Gasteiger partial charge is 0.226 e. The molecule has 1 saturated carbocycles. The maximum Gasteiger partial charge on any atom is 0.276 e. The lowest BCUT2D eigenvalue weighted by Crippen LogP contribution is -2.35. The highest BCUT2D eigenvalue weighted by molar-refractivity contribution is 4.80. The fraction of sp³-hybridized carbons (Fsp3) is 1.00. The number of hydrogen-bond donors (Lipinski definition) is 0. The number of alkyl halides is 2. The van der Waals surface area contributed by atoms with E-state index in [1.165, 1.54) is 0 Å². The first-order chi connectivity index (χ1) is 4.13. The van der Waals surface area contributed by atoms with Crippen LogP contribution in [-0.4, -0.2) is 12.0 Å². The van der Waals surface area contributed by atoms with Crippen molar-refractivity contribution in [3.8, 4) is 0 Å². The molecule has 1 aliphatic carbocycles. The second kappa shape index (κ2) is 2.21. The minimum absolute atomic E-state index is 0.146. The summed E-state index contributed by atoms with van der Waals surface area (Å²) in [5.41, 5.74) is 0. The van der Waals surface area contributed by atoms with Crippen LogP contribution >= 0.6 is 0 Å². The summed E-state index contributed by atoms with van der Waals surface area (Å²) in [6, 6.07) is 0. The fourth-order valence-corrected chi connectivity index (χ4v) is 1.06. The second-order valence-electron chi connectivity index (χ2n) is 2.50. The van der Waals surface area contributed by atoms with Gasteiger partial charge in [-0.2, -0.15) is 0 Å². The Morgan fingerprint density at radius 1 is 1.33 bits per heavy atom. The summed E-state index contributed by atoms with van der Waals surface area (Å²) in [7, 11) is 0. The van der Waals surface area contributed by atoms with Gasteiger partial charge in [-0.15, -0.1) is 0 Å². The van der Waals surface area contributed by atoms with E-state index < -0.39 is 12.0 Å². The first-order valence-electron chi connectivity index (χ1n) is 3.16. The normalized spacial score (nSPS) is 34.3. The van der Waals surface area contributed by atoms with Gasteiger partial charge in [0.05, 0.1) is 0 Å². The Labute approximate surface area is 52.7 Å². The molecule has 1 radical (unpaired) electrons. The van der Waals surface area contributed by atoms with Crippen molar-refractivity contribution in [3.05, 3.63) is 0 Å². The quantitative estimate of drug-likeness (QED) is 0.484. The zero-order valence-electron chi connectivity index (χ0n) is 5.07. The van der Waals surface area contributed by atoms with Crippen LogP contribution in [0.3, 0.4) is 0 Å². The average Bonchev–Trinajstić information content (AvgIpc) is 1.77. The highest BCUT2D eigenvalue weighted by Crippen LogP contribution is 2.33. The van der Waals surface area contributed by atoms with Gasteiger partial charge in [0.2, 0.25) is 0 Å². The average molecular weight is 135 g/mol. The molecular weight excluding hydrogens is 126 g/mol. The van der Waals surface area contributed by atoms with Crippen LogP contribution < -0.4 is 0 Å². The molecule has 1 fully saturated rings. The van der Waals surface area contributed by atoms with Crippen molar-refractivity contribution in [2.24, 2.45) is 0 Å². The Bertz CT molecular complexity index is 103. The predicted molar refractivity (Wildman–Crippen MR) is 27.9 cm³/mol. The molecule has 0 saturated heterocycles. The number of halogens is 2. The first kappa shape index (κ1) is 6.93. The van der Waals surface area contributed by atoms with Gasteiger partial charge < -0.3 is 0 Å². The number of rotatable bonds is 0. The van der Waals surface area contributed by atoms with Gasteiger partial charge in [-0.3, -0.25) is 0 Å². The van der Waals surface area contributed by atoms with Crippen molar-refractivity contribution >= 4 is 0 Å². The molecule has 0 spiro atoms. The van der Waals surface area contributed by atoms with Crippen LogP contribution in [0.4, 0.5) is 8.78 Å². The van der Waals surface area contributed by atoms with Gasteiger partial charge in [-0.05, 0) is 12.8 Å². The van der Waals surface area contributed by atoms with E-state index in [9.17, 15) is 13.9 Å². The zero-order chi connectivity index (χ0) is 6.91. The first-order valence-corrected chi connectivity index (χ1v) is 3.16. The predicted octanol–water partition coefficient (Wildman–Crippen LogP) is 1.99. The van der Waals surface area contributed by atoms with E-state index in [0.29, 0.717) is 12.8 Å². The Balaban J connectivity index is 2.49. The minimum Gasteiger partial charge on any atom is -0.226 e. The third-order valence-electron chi connectivity index (χ3n) is 1.70. The molecule has 0 aromatic rings. The van der Waals surface area contributed by atoms with Crippen LogP contribution in [0, 0.1) is 0 Å². The molecule has 0 aromatic heterocycles. The summed E-state index contributed by atoms with van der Waals surface area (Å²) >= 11 is 0. The molecule has 1 rings (SSSR count). The Morgan fingerprint density at radius 2 is 2.00 bits per heavy atom. The van der Waals surface area contributed by atoms with Crippen molar-refractivity contribution in [2.45, 2.75) is 37.7 Å². The van der Waals surface area contributed by atoms with Crippen LogP contribution in [-0.2, 0) is 5.11 Å². The topological polar surface area (TPSA) is 19.9 Å². The van der Waals surface area contributed by atoms with Gasteiger partial charge in [0, 0.05) is 6.42 Å². The monoisotopic (exact) mass is 135 g/mol. The zero-order valence-corrected chi connectivity index (χ0v) is 5.07. The molecule has 0 aromatic carbocycles. The van der Waals surface area contributed by atoms with Crippen molar-refractivity contribution in [1.82, 2.24) is 0 Å². The van der Waals surface area contributed by atoms with Gasteiger partial charge in [-0.25, -0.2) is 13.9 Å². The van der Waals surface area contributed by atoms with Gasteiger partial charge >= 0.3 is 0 Å². The Kier molecular flexibility index (Phi) is 1.70. The SMILES string of the molecule is [O]C1CCCCC1(F)F. The largest absolute Gasteiger partial charge is 0.276 e. The highest BCUT2D eigenvalue weighted by atomic mass is 19.3. The maximum atomic E-state index is 12.3. The number of hydrogen-bond acceptors (Lipinski definition) is 0. The van der Waals surface area contributed by atoms with Crippen LogP contribution in [0.5, 0.6) is 0 Å². The molecule has 0 N–H and O–H groups in total. The second-order valence-corrected chi connectivity index (χ2v) is 2.50. The van der Waals surface area contributed by atoms with Gasteiger partial charge in [0.25, 0.3) is 5.92 Å². The molecule has 1 atom stereocenters. The molecule has 0 aliphatic heterocycles. The van der Waals surface area contributed by atoms with Gasteiger partial charge in [0.15, 0.2) is 6.10 Å². The van der Waals surface area contributed by atoms with Crippen LogP contribution in [0.2, 0.25) is 0 Å². The Morgan fingerprint density at radius 3 is 2.33 bits per heavy atom. The third-order valence-corrected chi connectivity index (χ3v) is 1.70. The van der Waals surface area contributed by atoms with E-state index in [0.717, 1.165) is 0 Å². The fourth-order valence-electron chi connectivity index (χ4n) is 1.06. The molecule has 0 amide bonds. The molecule has 1 unspecified atom stereocenters. The van der Waals surface area contributed by atoms with E-state index in [-0.39, 0.29) is 12.8 Å². The molecule has 9 heavy (non-hydrogen) atoms. The summed E-state index contributed by atoms with van der Waals surface area (Å²) in [5, 5.41) is 10.4. The van der Waals surface area contributed by atoms with Crippen molar-refractivity contribution in [3.63, 3.8) is 0 Å². The lowest BCUT2D eigenvalue weighted by Gasteiger charge is -2.24. The molecule has 1 aliphatic rings. The molecule has 3 heteroatoms. The molecule has 0 heterocycles. The van der Waals surface area contributed by atoms with Crippen molar-refractivity contribution < 1.29 is 13.9 Å². The molecule has 53 valence electrons. The summed E-state index contributed by atoms with van der Waals surface area (Å²) in [5.74, 6) is -2.92. The molecule has 0 bridgehead atoms. The summed E-state index contributed by atoms with van der Waals surface area (Å²) < 4.78 is 24.6.